The second-order valence-electron chi connectivity index (χ2n) is 6.34. The highest BCUT2D eigenvalue weighted by atomic mass is 15.1. The van der Waals surface area contributed by atoms with Crippen LogP contribution < -0.4 is 10.2 Å². The summed E-state index contributed by atoms with van der Waals surface area (Å²) in [6.45, 7) is 12.4. The van der Waals surface area contributed by atoms with Gasteiger partial charge in [0, 0.05) is 31.4 Å². The number of hydrogen-bond donors (Lipinski definition) is 1. The van der Waals surface area contributed by atoms with Crippen LogP contribution in [0.4, 0.5) is 5.69 Å². The molecule has 0 aliphatic carbocycles. The van der Waals surface area contributed by atoms with Gasteiger partial charge in [-0.2, -0.15) is 0 Å². The molecule has 0 bridgehead atoms. The van der Waals surface area contributed by atoms with Gasteiger partial charge in [-0.25, -0.2) is 0 Å². The van der Waals surface area contributed by atoms with E-state index in [4.69, 9.17) is 0 Å². The zero-order chi connectivity index (χ0) is 13.8. The zero-order valence-electron chi connectivity index (χ0n) is 12.9. The van der Waals surface area contributed by atoms with Gasteiger partial charge in [-0.3, -0.25) is 0 Å². The quantitative estimate of drug-likeness (QED) is 0.887. The molecule has 1 N–H and O–H groups in total. The highest BCUT2D eigenvalue weighted by Crippen LogP contribution is 2.25. The van der Waals surface area contributed by atoms with Gasteiger partial charge in [0.1, 0.15) is 0 Å². The van der Waals surface area contributed by atoms with Gasteiger partial charge in [-0.05, 0) is 48.9 Å². The SMILES string of the molecule is Cc1cc(N2CCCC(C)C2)ccc1CNC(C)C. The highest BCUT2D eigenvalue weighted by Gasteiger charge is 2.16. The number of hydrogen-bond acceptors (Lipinski definition) is 2. The monoisotopic (exact) mass is 260 g/mol. The summed E-state index contributed by atoms with van der Waals surface area (Å²) in [6, 6.07) is 7.49. The molecular formula is C17H28N2. The molecule has 1 aromatic rings. The van der Waals surface area contributed by atoms with Crippen LogP contribution in [0.15, 0.2) is 18.2 Å². The van der Waals surface area contributed by atoms with Crippen LogP contribution in [0.2, 0.25) is 0 Å². The van der Waals surface area contributed by atoms with Gasteiger partial charge in [0.2, 0.25) is 0 Å². The fourth-order valence-electron chi connectivity index (χ4n) is 2.81. The number of benzene rings is 1. The average molecular weight is 260 g/mol. The van der Waals surface area contributed by atoms with Crippen molar-refractivity contribution in [2.45, 2.75) is 53.1 Å². The minimum atomic E-state index is 0.544. The summed E-state index contributed by atoms with van der Waals surface area (Å²) in [7, 11) is 0. The summed E-state index contributed by atoms with van der Waals surface area (Å²) in [4.78, 5) is 2.54. The van der Waals surface area contributed by atoms with Crippen molar-refractivity contribution in [2.75, 3.05) is 18.0 Å². The van der Waals surface area contributed by atoms with Crippen molar-refractivity contribution in [1.82, 2.24) is 5.32 Å². The molecule has 1 fully saturated rings. The molecule has 0 spiro atoms. The first kappa shape index (κ1) is 14.4. The van der Waals surface area contributed by atoms with Crippen LogP contribution in [0.5, 0.6) is 0 Å². The Morgan fingerprint density at radius 2 is 2.16 bits per heavy atom. The van der Waals surface area contributed by atoms with E-state index in [9.17, 15) is 0 Å². The van der Waals surface area contributed by atoms with Crippen molar-refractivity contribution in [2.24, 2.45) is 5.92 Å². The van der Waals surface area contributed by atoms with E-state index in [0.29, 0.717) is 6.04 Å². The molecule has 0 radical (unpaired) electrons. The summed E-state index contributed by atoms with van der Waals surface area (Å²) < 4.78 is 0. The Kier molecular flexibility index (Phi) is 4.87. The van der Waals surface area contributed by atoms with Crippen molar-refractivity contribution in [3.8, 4) is 0 Å². The summed E-state index contributed by atoms with van der Waals surface area (Å²) in [5.41, 5.74) is 4.23. The van der Waals surface area contributed by atoms with Crippen LogP contribution in [-0.2, 0) is 6.54 Å². The minimum Gasteiger partial charge on any atom is -0.371 e. The molecule has 0 saturated carbocycles. The number of nitrogens with one attached hydrogen (secondary N) is 1. The number of rotatable bonds is 4. The third-order valence-corrected chi connectivity index (χ3v) is 4.05. The summed E-state index contributed by atoms with van der Waals surface area (Å²) in [6.07, 6.45) is 2.71. The zero-order valence-corrected chi connectivity index (χ0v) is 12.9. The van der Waals surface area contributed by atoms with Crippen LogP contribution in [0.1, 0.15) is 44.7 Å². The Morgan fingerprint density at radius 3 is 2.79 bits per heavy atom. The lowest BCUT2D eigenvalue weighted by Crippen LogP contribution is -2.34. The van der Waals surface area contributed by atoms with Crippen LogP contribution in [0, 0.1) is 12.8 Å². The minimum absolute atomic E-state index is 0.544. The predicted octanol–water partition coefficient (Wildman–Crippen LogP) is 3.73. The van der Waals surface area contributed by atoms with E-state index in [2.05, 4.69) is 56.1 Å². The molecule has 19 heavy (non-hydrogen) atoms. The Hall–Kier alpha value is -1.02. The van der Waals surface area contributed by atoms with Crippen molar-refractivity contribution >= 4 is 5.69 Å². The van der Waals surface area contributed by atoms with Crippen molar-refractivity contribution < 1.29 is 0 Å². The molecule has 1 atom stereocenters. The van der Waals surface area contributed by atoms with E-state index < -0.39 is 0 Å². The van der Waals surface area contributed by atoms with Gasteiger partial charge in [0.05, 0.1) is 0 Å². The first-order chi connectivity index (χ1) is 9.06. The molecule has 2 heteroatoms. The van der Waals surface area contributed by atoms with Crippen LogP contribution in [0.3, 0.4) is 0 Å². The lowest BCUT2D eigenvalue weighted by atomic mass is 9.99. The maximum absolute atomic E-state index is 3.50. The van der Waals surface area contributed by atoms with E-state index in [1.54, 1.807) is 0 Å². The van der Waals surface area contributed by atoms with E-state index >= 15 is 0 Å². The van der Waals surface area contributed by atoms with Crippen LogP contribution in [-0.4, -0.2) is 19.1 Å². The molecule has 2 rings (SSSR count). The number of piperidine rings is 1. The molecule has 0 amide bonds. The number of nitrogens with zero attached hydrogens (tertiary/aromatic N) is 1. The predicted molar refractivity (Wildman–Crippen MR) is 83.8 cm³/mol. The van der Waals surface area contributed by atoms with Crippen LogP contribution >= 0.6 is 0 Å². The Labute approximate surface area is 118 Å². The lowest BCUT2D eigenvalue weighted by molar-refractivity contribution is 0.447. The van der Waals surface area contributed by atoms with Gasteiger partial charge in [0.15, 0.2) is 0 Å². The number of anilines is 1. The van der Waals surface area contributed by atoms with E-state index in [0.717, 1.165) is 12.5 Å². The molecule has 1 saturated heterocycles. The second-order valence-corrected chi connectivity index (χ2v) is 6.34. The van der Waals surface area contributed by atoms with Crippen molar-refractivity contribution in [1.29, 1.82) is 0 Å². The van der Waals surface area contributed by atoms with Gasteiger partial charge in [0.25, 0.3) is 0 Å². The van der Waals surface area contributed by atoms with Gasteiger partial charge in [-0.15, -0.1) is 0 Å². The second kappa shape index (κ2) is 6.42. The molecule has 1 aliphatic rings. The largest absolute Gasteiger partial charge is 0.371 e. The average Bonchev–Trinajstić information content (AvgIpc) is 2.37. The number of aryl methyl sites for hydroxylation is 1. The topological polar surface area (TPSA) is 15.3 Å². The van der Waals surface area contributed by atoms with Gasteiger partial charge >= 0.3 is 0 Å². The fraction of sp³-hybridized carbons (Fsp3) is 0.647. The Balaban J connectivity index is 2.05. The first-order valence-corrected chi connectivity index (χ1v) is 7.64. The molecule has 1 aromatic carbocycles. The highest BCUT2D eigenvalue weighted by molar-refractivity contribution is 5.51. The standard InChI is InChI=1S/C17H28N2/c1-13(2)18-11-16-7-8-17(10-15(16)4)19-9-5-6-14(3)12-19/h7-8,10,13-14,18H,5-6,9,11-12H2,1-4H3. The summed E-state index contributed by atoms with van der Waals surface area (Å²) in [5.74, 6) is 0.830. The normalized spacial score (nSPS) is 20.1. The van der Waals surface area contributed by atoms with E-state index in [-0.39, 0.29) is 0 Å². The summed E-state index contributed by atoms with van der Waals surface area (Å²) in [5, 5.41) is 3.50. The maximum Gasteiger partial charge on any atom is 0.0369 e. The molecule has 1 unspecified atom stereocenters. The van der Waals surface area contributed by atoms with Gasteiger partial charge in [-0.1, -0.05) is 26.8 Å². The molecule has 0 aromatic heterocycles. The Morgan fingerprint density at radius 1 is 1.37 bits per heavy atom. The molecule has 1 heterocycles. The third kappa shape index (κ3) is 3.97. The van der Waals surface area contributed by atoms with Gasteiger partial charge < -0.3 is 10.2 Å². The molecular weight excluding hydrogens is 232 g/mol. The third-order valence-electron chi connectivity index (χ3n) is 4.05. The summed E-state index contributed by atoms with van der Waals surface area (Å²) >= 11 is 0. The molecule has 1 aliphatic heterocycles. The first-order valence-electron chi connectivity index (χ1n) is 7.64. The fourth-order valence-corrected chi connectivity index (χ4v) is 2.81. The maximum atomic E-state index is 3.50. The molecule has 106 valence electrons. The Bertz CT molecular complexity index is 412. The molecule has 2 nitrogen and oxygen atoms in total. The lowest BCUT2D eigenvalue weighted by Gasteiger charge is -2.33. The van der Waals surface area contributed by atoms with Crippen molar-refractivity contribution in [3.05, 3.63) is 29.3 Å². The van der Waals surface area contributed by atoms with E-state index in [1.165, 1.54) is 42.7 Å². The van der Waals surface area contributed by atoms with Crippen molar-refractivity contribution in [3.63, 3.8) is 0 Å². The van der Waals surface area contributed by atoms with Crippen LogP contribution in [0.25, 0.3) is 0 Å². The smallest absolute Gasteiger partial charge is 0.0369 e. The van der Waals surface area contributed by atoms with E-state index in [1.807, 2.05) is 0 Å².